The molecule has 0 aliphatic heterocycles. The topological polar surface area (TPSA) is 100 Å². The zero-order valence-electron chi connectivity index (χ0n) is 15.7. The average molecular weight is 465 g/mol. The lowest BCUT2D eigenvalue weighted by Crippen LogP contribution is -2.30. The van der Waals surface area contributed by atoms with Crippen molar-refractivity contribution in [3.05, 3.63) is 39.7 Å². The predicted octanol–water partition coefficient (Wildman–Crippen LogP) is 3.30. The number of fused-ring (bicyclic) bond motifs is 1. The monoisotopic (exact) mass is 464 g/mol. The fourth-order valence-electron chi connectivity index (χ4n) is 2.51. The van der Waals surface area contributed by atoms with Gasteiger partial charge in [-0.1, -0.05) is 13.8 Å². The van der Waals surface area contributed by atoms with E-state index in [1.54, 1.807) is 29.9 Å². The highest BCUT2D eigenvalue weighted by Crippen LogP contribution is 2.27. The second-order valence-corrected chi connectivity index (χ2v) is 9.14. The maximum atomic E-state index is 12.7. The van der Waals surface area contributed by atoms with Crippen molar-refractivity contribution in [1.82, 2.24) is 19.9 Å². The first-order chi connectivity index (χ1) is 13.3. The molecule has 3 N–H and O–H groups in total. The van der Waals surface area contributed by atoms with E-state index in [9.17, 15) is 9.59 Å². The van der Waals surface area contributed by atoms with E-state index in [0.29, 0.717) is 28.6 Å². The van der Waals surface area contributed by atoms with Crippen molar-refractivity contribution in [3.8, 4) is 0 Å². The summed E-state index contributed by atoms with van der Waals surface area (Å²) < 4.78 is 2.54. The van der Waals surface area contributed by atoms with Crippen LogP contribution in [0.15, 0.2) is 28.4 Å². The normalized spacial score (nSPS) is 11.2. The fourth-order valence-corrected chi connectivity index (χ4v) is 3.95. The van der Waals surface area contributed by atoms with E-state index in [4.69, 9.17) is 0 Å². The molecule has 0 unspecified atom stereocenters. The number of pyridine rings is 1. The average Bonchev–Trinajstić information content (AvgIpc) is 3.16. The van der Waals surface area contributed by atoms with Crippen LogP contribution in [0.4, 0.5) is 11.4 Å². The van der Waals surface area contributed by atoms with Gasteiger partial charge in [-0.25, -0.2) is 4.52 Å². The number of anilines is 2. The number of aromatic nitrogens is 3. The van der Waals surface area contributed by atoms with Gasteiger partial charge in [0.15, 0.2) is 0 Å². The Bertz CT molecular complexity index is 1010. The van der Waals surface area contributed by atoms with Crippen molar-refractivity contribution in [2.24, 2.45) is 5.92 Å². The number of amides is 2. The van der Waals surface area contributed by atoms with Gasteiger partial charge in [-0.2, -0.15) is 5.10 Å². The highest BCUT2D eigenvalue weighted by Gasteiger charge is 2.17. The lowest BCUT2D eigenvalue weighted by molar-refractivity contribution is -0.115. The highest BCUT2D eigenvalue weighted by molar-refractivity contribution is 9.11. The zero-order valence-corrected chi connectivity index (χ0v) is 18.1. The van der Waals surface area contributed by atoms with Gasteiger partial charge in [-0.05, 0) is 41.4 Å². The molecule has 3 aromatic heterocycles. The van der Waals surface area contributed by atoms with E-state index in [0.717, 1.165) is 15.2 Å². The van der Waals surface area contributed by atoms with Crippen LogP contribution in [0.2, 0.25) is 0 Å². The van der Waals surface area contributed by atoms with Crippen LogP contribution in [0.25, 0.3) is 4.83 Å². The van der Waals surface area contributed by atoms with E-state index in [2.05, 4.69) is 55.8 Å². The SMILES string of the molecule is Cc1ncc(NC(=O)CNCC(C)C)cc1NC(=O)c1cnn2cc(Br)sc12. The molecule has 0 saturated carbocycles. The van der Waals surface area contributed by atoms with Crippen LogP contribution in [0, 0.1) is 12.8 Å². The summed E-state index contributed by atoms with van der Waals surface area (Å²) in [6.45, 7) is 6.93. The first kappa shape index (κ1) is 20.4. The summed E-state index contributed by atoms with van der Waals surface area (Å²) in [6, 6.07) is 1.70. The number of carbonyl (C=O) groups excluding carboxylic acids is 2. The molecular weight excluding hydrogens is 444 g/mol. The standard InChI is InChI=1S/C18H21BrN6O2S/c1-10(2)5-20-8-16(26)23-12-4-14(11(3)21-6-12)24-17(27)13-7-22-25-9-15(19)28-18(13)25/h4,6-7,9-10,20H,5,8H2,1-3H3,(H,23,26)(H,24,27). The maximum absolute atomic E-state index is 12.7. The number of nitrogens with one attached hydrogen (secondary N) is 3. The summed E-state index contributed by atoms with van der Waals surface area (Å²) in [4.78, 5) is 29.7. The molecule has 0 saturated heterocycles. The number of aryl methyl sites for hydroxylation is 1. The third kappa shape index (κ3) is 4.94. The Kier molecular flexibility index (Phi) is 6.42. The Morgan fingerprint density at radius 3 is 2.82 bits per heavy atom. The third-order valence-electron chi connectivity index (χ3n) is 3.87. The predicted molar refractivity (Wildman–Crippen MR) is 114 cm³/mol. The van der Waals surface area contributed by atoms with Gasteiger partial charge in [0, 0.05) is 0 Å². The zero-order chi connectivity index (χ0) is 20.3. The second kappa shape index (κ2) is 8.80. The second-order valence-electron chi connectivity index (χ2n) is 6.73. The summed E-state index contributed by atoms with van der Waals surface area (Å²) in [5.74, 6) is 0.0246. The molecule has 0 aliphatic carbocycles. The van der Waals surface area contributed by atoms with Crippen LogP contribution in [0.3, 0.4) is 0 Å². The third-order valence-corrected chi connectivity index (χ3v) is 5.46. The lowest BCUT2D eigenvalue weighted by atomic mass is 10.2. The number of hydrogen-bond acceptors (Lipinski definition) is 6. The molecule has 2 amide bonds. The first-order valence-electron chi connectivity index (χ1n) is 8.74. The van der Waals surface area contributed by atoms with E-state index < -0.39 is 0 Å². The van der Waals surface area contributed by atoms with Crippen LogP contribution in [-0.4, -0.2) is 39.5 Å². The van der Waals surface area contributed by atoms with Crippen molar-refractivity contribution in [1.29, 1.82) is 0 Å². The van der Waals surface area contributed by atoms with Crippen LogP contribution in [0.1, 0.15) is 29.9 Å². The number of thiazole rings is 1. The number of rotatable bonds is 7. The Labute approximate surface area is 174 Å². The number of carbonyl (C=O) groups is 2. The van der Waals surface area contributed by atoms with Crippen molar-refractivity contribution in [2.45, 2.75) is 20.8 Å². The van der Waals surface area contributed by atoms with Crippen molar-refractivity contribution < 1.29 is 9.59 Å². The van der Waals surface area contributed by atoms with Crippen molar-refractivity contribution >= 4 is 55.3 Å². The molecule has 3 rings (SSSR count). The summed E-state index contributed by atoms with van der Waals surface area (Å²) in [5, 5.41) is 12.9. The first-order valence-corrected chi connectivity index (χ1v) is 10.4. The molecule has 148 valence electrons. The van der Waals surface area contributed by atoms with Crippen molar-refractivity contribution in [3.63, 3.8) is 0 Å². The smallest absolute Gasteiger partial charge is 0.260 e. The molecule has 0 atom stereocenters. The Morgan fingerprint density at radius 2 is 2.07 bits per heavy atom. The van der Waals surface area contributed by atoms with Crippen LogP contribution >= 0.6 is 27.3 Å². The van der Waals surface area contributed by atoms with E-state index in [1.807, 2.05) is 0 Å². The van der Waals surface area contributed by atoms with Crippen LogP contribution in [-0.2, 0) is 4.79 Å². The summed E-state index contributed by atoms with van der Waals surface area (Å²) in [7, 11) is 0. The summed E-state index contributed by atoms with van der Waals surface area (Å²) in [6.07, 6.45) is 4.90. The summed E-state index contributed by atoms with van der Waals surface area (Å²) in [5.41, 5.74) is 2.19. The Balaban J connectivity index is 1.69. The number of halogens is 1. The molecule has 0 radical (unpaired) electrons. The van der Waals surface area contributed by atoms with Gasteiger partial charge < -0.3 is 16.0 Å². The minimum atomic E-state index is -0.281. The number of hydrogen-bond donors (Lipinski definition) is 3. The number of nitrogens with zero attached hydrogens (tertiary/aromatic N) is 3. The molecule has 0 bridgehead atoms. The van der Waals surface area contributed by atoms with Gasteiger partial charge in [0.25, 0.3) is 5.91 Å². The van der Waals surface area contributed by atoms with Gasteiger partial charge in [-0.15, -0.1) is 11.3 Å². The molecule has 28 heavy (non-hydrogen) atoms. The molecule has 3 heterocycles. The van der Waals surface area contributed by atoms with E-state index in [1.165, 1.54) is 17.5 Å². The van der Waals surface area contributed by atoms with Crippen LogP contribution < -0.4 is 16.0 Å². The molecule has 0 aromatic carbocycles. The quantitative estimate of drug-likeness (QED) is 0.497. The fraction of sp³-hybridized carbons (Fsp3) is 0.333. The van der Waals surface area contributed by atoms with E-state index >= 15 is 0 Å². The Morgan fingerprint density at radius 1 is 1.29 bits per heavy atom. The molecule has 3 aromatic rings. The van der Waals surface area contributed by atoms with Gasteiger partial charge in [-0.3, -0.25) is 14.6 Å². The molecule has 10 heteroatoms. The minimum Gasteiger partial charge on any atom is -0.324 e. The molecule has 0 fully saturated rings. The molecule has 0 spiro atoms. The van der Waals surface area contributed by atoms with Gasteiger partial charge in [0.05, 0.1) is 51.6 Å². The van der Waals surface area contributed by atoms with Gasteiger partial charge in [0.2, 0.25) is 5.91 Å². The molecule has 8 nitrogen and oxygen atoms in total. The van der Waals surface area contributed by atoms with Crippen molar-refractivity contribution in [2.75, 3.05) is 23.7 Å². The summed E-state index contributed by atoms with van der Waals surface area (Å²) >= 11 is 4.82. The Hall–Kier alpha value is -2.30. The largest absolute Gasteiger partial charge is 0.324 e. The van der Waals surface area contributed by atoms with Gasteiger partial charge >= 0.3 is 0 Å². The molecule has 0 aliphatic rings. The van der Waals surface area contributed by atoms with E-state index in [-0.39, 0.29) is 18.4 Å². The minimum absolute atomic E-state index is 0.162. The lowest BCUT2D eigenvalue weighted by Gasteiger charge is -2.11. The van der Waals surface area contributed by atoms with Gasteiger partial charge in [0.1, 0.15) is 4.83 Å². The van der Waals surface area contributed by atoms with Crippen LogP contribution in [0.5, 0.6) is 0 Å². The maximum Gasteiger partial charge on any atom is 0.260 e. The molecular formula is C18H21BrN6O2S. The highest BCUT2D eigenvalue weighted by atomic mass is 79.9.